The number of carboxylic acids is 1. The molecule has 0 atom stereocenters. The van der Waals surface area contributed by atoms with Gasteiger partial charge in [0.25, 0.3) is 0 Å². The van der Waals surface area contributed by atoms with Gasteiger partial charge in [-0.25, -0.2) is 4.79 Å². The molecule has 1 aliphatic heterocycles. The van der Waals surface area contributed by atoms with Gasteiger partial charge in [0.2, 0.25) is 5.91 Å². The van der Waals surface area contributed by atoms with E-state index in [1.165, 1.54) is 26.2 Å². The molecule has 1 aromatic rings. The first-order chi connectivity index (χ1) is 10.1. The third-order valence-electron chi connectivity index (χ3n) is 3.54. The van der Waals surface area contributed by atoms with Crippen LogP contribution in [0.3, 0.4) is 0 Å². The van der Waals surface area contributed by atoms with Gasteiger partial charge in [-0.05, 0) is 50.5 Å². The Morgan fingerprint density at radius 3 is 2.33 bits per heavy atom. The summed E-state index contributed by atoms with van der Waals surface area (Å²) >= 11 is 0. The highest BCUT2D eigenvalue weighted by Crippen LogP contribution is 2.21. The van der Waals surface area contributed by atoms with Crippen LogP contribution in [0.1, 0.15) is 26.2 Å². The van der Waals surface area contributed by atoms with Crippen LogP contribution in [0, 0.1) is 0 Å². The molecule has 1 fully saturated rings. The fourth-order valence-electron chi connectivity index (χ4n) is 2.34. The third-order valence-corrected chi connectivity index (χ3v) is 3.54. The summed E-state index contributed by atoms with van der Waals surface area (Å²) in [6.45, 7) is 3.54. The van der Waals surface area contributed by atoms with E-state index in [4.69, 9.17) is 5.11 Å². The molecule has 0 radical (unpaired) electrons. The molecule has 5 heteroatoms. The second kappa shape index (κ2) is 6.92. The van der Waals surface area contributed by atoms with Crippen molar-refractivity contribution >= 4 is 23.3 Å². The molecule has 2 N–H and O–H groups in total. The average Bonchev–Trinajstić information content (AvgIpc) is 2.48. The lowest BCUT2D eigenvalue weighted by Gasteiger charge is -2.28. The zero-order chi connectivity index (χ0) is 15.2. The number of anilines is 2. The number of carboxylic acid groups (broad SMARTS) is 1. The minimum absolute atomic E-state index is 0.0115. The number of hydrogen-bond donors (Lipinski definition) is 2. The van der Waals surface area contributed by atoms with Gasteiger partial charge in [-0.3, -0.25) is 4.79 Å². The van der Waals surface area contributed by atoms with Crippen molar-refractivity contribution in [1.29, 1.82) is 0 Å². The monoisotopic (exact) mass is 288 g/mol. The molecule has 0 spiro atoms. The minimum Gasteiger partial charge on any atom is -0.478 e. The summed E-state index contributed by atoms with van der Waals surface area (Å²) in [6.07, 6.45) is 4.82. The number of amides is 1. The summed E-state index contributed by atoms with van der Waals surface area (Å²) in [6, 6.07) is 7.64. The van der Waals surface area contributed by atoms with E-state index in [0.717, 1.165) is 24.9 Å². The first-order valence-electron chi connectivity index (χ1n) is 7.14. The molecular formula is C16H20N2O3. The van der Waals surface area contributed by atoms with Crippen LogP contribution in [0.25, 0.3) is 0 Å². The average molecular weight is 288 g/mol. The first kappa shape index (κ1) is 15.1. The molecule has 1 heterocycles. The number of nitrogens with zero attached hydrogens (tertiary/aromatic N) is 1. The van der Waals surface area contributed by atoms with Crippen LogP contribution in [0.2, 0.25) is 0 Å². The predicted octanol–water partition coefficient (Wildman–Crippen LogP) is 2.65. The fourth-order valence-corrected chi connectivity index (χ4v) is 2.34. The highest BCUT2D eigenvalue weighted by atomic mass is 16.4. The molecule has 2 rings (SSSR count). The molecule has 1 aliphatic rings. The SMILES string of the molecule is C/C(=C\C(=O)Nc1ccc(N2CCCCC2)cc1)C(=O)O. The van der Waals surface area contributed by atoms with Gasteiger partial charge in [0.1, 0.15) is 0 Å². The Balaban J connectivity index is 1.97. The van der Waals surface area contributed by atoms with Crippen LogP contribution in [0.15, 0.2) is 35.9 Å². The second-order valence-electron chi connectivity index (χ2n) is 5.22. The number of hydrogen-bond acceptors (Lipinski definition) is 3. The standard InChI is InChI=1S/C16H20N2O3/c1-12(16(20)21)11-15(19)17-13-5-7-14(8-6-13)18-9-3-2-4-10-18/h5-8,11H,2-4,9-10H2,1H3,(H,17,19)(H,20,21)/b12-11+. The fraction of sp³-hybridized carbons (Fsp3) is 0.375. The lowest BCUT2D eigenvalue weighted by atomic mass is 10.1. The Hall–Kier alpha value is -2.30. The van der Waals surface area contributed by atoms with Gasteiger partial charge in [0.05, 0.1) is 0 Å². The van der Waals surface area contributed by atoms with Crippen LogP contribution >= 0.6 is 0 Å². The van der Waals surface area contributed by atoms with E-state index in [9.17, 15) is 9.59 Å². The number of carbonyl (C=O) groups is 2. The van der Waals surface area contributed by atoms with Gasteiger partial charge in [-0.15, -0.1) is 0 Å². The normalized spacial score (nSPS) is 15.7. The summed E-state index contributed by atoms with van der Waals surface area (Å²) in [5.41, 5.74) is 1.83. The summed E-state index contributed by atoms with van der Waals surface area (Å²) in [4.78, 5) is 24.6. The van der Waals surface area contributed by atoms with Gasteiger partial charge < -0.3 is 15.3 Å². The molecule has 0 saturated carbocycles. The van der Waals surface area contributed by atoms with E-state index in [1.807, 2.05) is 24.3 Å². The number of aliphatic carboxylic acids is 1. The van der Waals surface area contributed by atoms with Crippen molar-refractivity contribution in [3.8, 4) is 0 Å². The molecule has 0 unspecified atom stereocenters. The Kier molecular flexibility index (Phi) is 4.98. The predicted molar refractivity (Wildman–Crippen MR) is 82.5 cm³/mol. The lowest BCUT2D eigenvalue weighted by molar-refractivity contribution is -0.132. The molecule has 1 saturated heterocycles. The van der Waals surface area contributed by atoms with Crippen molar-refractivity contribution < 1.29 is 14.7 Å². The quantitative estimate of drug-likeness (QED) is 0.836. The van der Waals surface area contributed by atoms with Crippen molar-refractivity contribution in [3.05, 3.63) is 35.9 Å². The zero-order valence-corrected chi connectivity index (χ0v) is 12.1. The Morgan fingerprint density at radius 2 is 1.76 bits per heavy atom. The number of nitrogens with one attached hydrogen (secondary N) is 1. The van der Waals surface area contributed by atoms with E-state index in [2.05, 4.69) is 10.2 Å². The highest BCUT2D eigenvalue weighted by Gasteiger charge is 2.11. The molecule has 1 amide bonds. The number of piperidine rings is 1. The molecule has 0 aliphatic carbocycles. The smallest absolute Gasteiger partial charge is 0.331 e. The zero-order valence-electron chi connectivity index (χ0n) is 12.1. The van der Waals surface area contributed by atoms with Crippen LogP contribution < -0.4 is 10.2 Å². The van der Waals surface area contributed by atoms with Crippen LogP contribution in [-0.2, 0) is 9.59 Å². The van der Waals surface area contributed by atoms with Gasteiger partial charge in [-0.2, -0.15) is 0 Å². The molecule has 5 nitrogen and oxygen atoms in total. The number of carbonyl (C=O) groups excluding carboxylic acids is 1. The Labute approximate surface area is 124 Å². The number of rotatable bonds is 4. The van der Waals surface area contributed by atoms with Crippen LogP contribution in [-0.4, -0.2) is 30.1 Å². The highest BCUT2D eigenvalue weighted by molar-refractivity contribution is 6.04. The maximum absolute atomic E-state index is 11.7. The molecular weight excluding hydrogens is 268 g/mol. The van der Waals surface area contributed by atoms with Crippen molar-refractivity contribution in [3.63, 3.8) is 0 Å². The van der Waals surface area contributed by atoms with E-state index in [1.54, 1.807) is 0 Å². The van der Waals surface area contributed by atoms with E-state index < -0.39 is 11.9 Å². The van der Waals surface area contributed by atoms with Crippen LogP contribution in [0.4, 0.5) is 11.4 Å². The minimum atomic E-state index is -1.09. The lowest BCUT2D eigenvalue weighted by Crippen LogP contribution is -2.29. The number of benzene rings is 1. The van der Waals surface area contributed by atoms with Crippen molar-refractivity contribution in [1.82, 2.24) is 0 Å². The van der Waals surface area contributed by atoms with Crippen molar-refractivity contribution in [2.75, 3.05) is 23.3 Å². The van der Waals surface area contributed by atoms with Gasteiger partial charge in [-0.1, -0.05) is 0 Å². The van der Waals surface area contributed by atoms with Gasteiger partial charge in [0.15, 0.2) is 0 Å². The van der Waals surface area contributed by atoms with Gasteiger partial charge >= 0.3 is 5.97 Å². The Morgan fingerprint density at radius 1 is 1.14 bits per heavy atom. The third kappa shape index (κ3) is 4.34. The summed E-state index contributed by atoms with van der Waals surface area (Å²) in [5, 5.41) is 11.4. The summed E-state index contributed by atoms with van der Waals surface area (Å²) in [7, 11) is 0. The molecule has 112 valence electrons. The maximum atomic E-state index is 11.7. The maximum Gasteiger partial charge on any atom is 0.331 e. The van der Waals surface area contributed by atoms with E-state index >= 15 is 0 Å². The van der Waals surface area contributed by atoms with Crippen LogP contribution in [0.5, 0.6) is 0 Å². The first-order valence-corrected chi connectivity index (χ1v) is 7.14. The molecule has 0 bridgehead atoms. The van der Waals surface area contributed by atoms with E-state index in [0.29, 0.717) is 5.69 Å². The second-order valence-corrected chi connectivity index (χ2v) is 5.22. The van der Waals surface area contributed by atoms with Crippen molar-refractivity contribution in [2.24, 2.45) is 0 Å². The summed E-state index contributed by atoms with van der Waals surface area (Å²) < 4.78 is 0. The molecule has 0 aromatic heterocycles. The van der Waals surface area contributed by atoms with Gasteiger partial charge in [0, 0.05) is 36.1 Å². The molecule has 1 aromatic carbocycles. The summed E-state index contributed by atoms with van der Waals surface area (Å²) in [5.74, 6) is -1.52. The molecule has 21 heavy (non-hydrogen) atoms. The largest absolute Gasteiger partial charge is 0.478 e. The van der Waals surface area contributed by atoms with E-state index in [-0.39, 0.29) is 5.57 Å². The topological polar surface area (TPSA) is 69.6 Å². The van der Waals surface area contributed by atoms with Crippen molar-refractivity contribution in [2.45, 2.75) is 26.2 Å². The Bertz CT molecular complexity index is 543.